The van der Waals surface area contributed by atoms with E-state index in [1.54, 1.807) is 18.0 Å². The maximum absolute atomic E-state index is 12.2. The van der Waals surface area contributed by atoms with E-state index in [4.69, 9.17) is 0 Å². The summed E-state index contributed by atoms with van der Waals surface area (Å²) in [5.41, 5.74) is 0.357. The second kappa shape index (κ2) is 5.42. The average Bonchev–Trinajstić information content (AvgIpc) is 2.48. The monoisotopic (exact) mass is 288 g/mol. The molecule has 2 N–H and O–H groups in total. The number of carbonyl (C=O) groups excluding carboxylic acids is 1. The fraction of sp³-hybridized carbons (Fsp3) is 0.333. The number of hydrogen-bond donors (Lipinski definition) is 2. The molecule has 104 valence electrons. The standard InChI is InChI=1S/C15H16N2O2S/c18-14(15(19)5-8-20-9-6-15)17-12-3-4-13-11(10-12)2-1-7-16-13/h1-4,7,10,19H,5-6,8-9H2,(H,17,18). The molecule has 0 aliphatic carbocycles. The molecule has 1 aromatic carbocycles. The summed E-state index contributed by atoms with van der Waals surface area (Å²) >= 11 is 1.77. The maximum Gasteiger partial charge on any atom is 0.256 e. The summed E-state index contributed by atoms with van der Waals surface area (Å²) in [6.07, 6.45) is 2.76. The Balaban J connectivity index is 1.80. The van der Waals surface area contributed by atoms with Crippen molar-refractivity contribution >= 4 is 34.3 Å². The molecule has 20 heavy (non-hydrogen) atoms. The van der Waals surface area contributed by atoms with Crippen LogP contribution in [-0.4, -0.2) is 33.1 Å². The van der Waals surface area contributed by atoms with Gasteiger partial charge in [-0.1, -0.05) is 6.07 Å². The number of aliphatic hydroxyl groups is 1. The number of nitrogens with one attached hydrogen (secondary N) is 1. The van der Waals surface area contributed by atoms with E-state index in [-0.39, 0.29) is 5.91 Å². The van der Waals surface area contributed by atoms with Crippen LogP contribution in [0, 0.1) is 0 Å². The maximum atomic E-state index is 12.2. The number of nitrogens with zero attached hydrogens (tertiary/aromatic N) is 1. The van der Waals surface area contributed by atoms with Crippen LogP contribution in [0.25, 0.3) is 10.9 Å². The Kier molecular flexibility index (Phi) is 3.63. The normalized spacial score (nSPS) is 17.9. The summed E-state index contributed by atoms with van der Waals surface area (Å²) in [5, 5.41) is 14.2. The van der Waals surface area contributed by atoms with Crippen LogP contribution in [0.4, 0.5) is 5.69 Å². The molecule has 0 bridgehead atoms. The van der Waals surface area contributed by atoms with Crippen LogP contribution in [0.15, 0.2) is 36.5 Å². The van der Waals surface area contributed by atoms with Gasteiger partial charge in [-0.25, -0.2) is 0 Å². The molecule has 1 aliphatic heterocycles. The lowest BCUT2D eigenvalue weighted by molar-refractivity contribution is -0.134. The lowest BCUT2D eigenvalue weighted by atomic mass is 9.95. The van der Waals surface area contributed by atoms with Gasteiger partial charge < -0.3 is 10.4 Å². The summed E-state index contributed by atoms with van der Waals surface area (Å²) in [4.78, 5) is 16.5. The number of pyridine rings is 1. The molecule has 0 radical (unpaired) electrons. The molecule has 1 saturated heterocycles. The molecule has 0 unspecified atom stereocenters. The highest BCUT2D eigenvalue weighted by molar-refractivity contribution is 7.99. The van der Waals surface area contributed by atoms with E-state index >= 15 is 0 Å². The van der Waals surface area contributed by atoms with E-state index in [1.807, 2.05) is 30.3 Å². The van der Waals surface area contributed by atoms with E-state index in [1.165, 1.54) is 0 Å². The van der Waals surface area contributed by atoms with Gasteiger partial charge in [0.05, 0.1) is 5.52 Å². The molecule has 0 atom stereocenters. The molecule has 1 amide bonds. The zero-order valence-electron chi connectivity index (χ0n) is 11.0. The lowest BCUT2D eigenvalue weighted by Gasteiger charge is -2.30. The van der Waals surface area contributed by atoms with Gasteiger partial charge >= 0.3 is 0 Å². The third-order valence-corrected chi connectivity index (χ3v) is 4.59. The highest BCUT2D eigenvalue weighted by atomic mass is 32.2. The van der Waals surface area contributed by atoms with E-state index in [0.717, 1.165) is 22.4 Å². The first-order valence-corrected chi connectivity index (χ1v) is 7.79. The molecule has 0 spiro atoms. The average molecular weight is 288 g/mol. The van der Waals surface area contributed by atoms with E-state index in [2.05, 4.69) is 10.3 Å². The highest BCUT2D eigenvalue weighted by Gasteiger charge is 2.37. The van der Waals surface area contributed by atoms with Crippen molar-refractivity contribution in [2.24, 2.45) is 0 Å². The number of benzene rings is 1. The first-order chi connectivity index (χ1) is 9.67. The third-order valence-electron chi connectivity index (χ3n) is 3.60. The number of amides is 1. The van der Waals surface area contributed by atoms with Gasteiger partial charge in [-0.2, -0.15) is 11.8 Å². The Morgan fingerprint density at radius 2 is 2.10 bits per heavy atom. The van der Waals surface area contributed by atoms with Gasteiger partial charge in [-0.15, -0.1) is 0 Å². The highest BCUT2D eigenvalue weighted by Crippen LogP contribution is 2.28. The van der Waals surface area contributed by atoms with Gasteiger partial charge in [0.2, 0.25) is 0 Å². The van der Waals surface area contributed by atoms with Crippen molar-refractivity contribution in [2.75, 3.05) is 16.8 Å². The summed E-state index contributed by atoms with van der Waals surface area (Å²) in [5.74, 6) is 1.35. The molecular formula is C15H16N2O2S. The predicted octanol–water partition coefficient (Wildman–Crippen LogP) is 2.43. The van der Waals surface area contributed by atoms with E-state index in [0.29, 0.717) is 18.5 Å². The topological polar surface area (TPSA) is 62.2 Å². The lowest BCUT2D eigenvalue weighted by Crippen LogP contribution is -2.45. The van der Waals surface area contributed by atoms with Crippen LogP contribution in [0.2, 0.25) is 0 Å². The first-order valence-electron chi connectivity index (χ1n) is 6.64. The van der Waals surface area contributed by atoms with Crippen molar-refractivity contribution in [3.8, 4) is 0 Å². The number of fused-ring (bicyclic) bond motifs is 1. The van der Waals surface area contributed by atoms with Gasteiger partial charge in [0.25, 0.3) is 5.91 Å². The molecule has 1 aliphatic rings. The number of thioether (sulfide) groups is 1. The van der Waals surface area contributed by atoms with Crippen molar-refractivity contribution in [3.63, 3.8) is 0 Å². The quantitative estimate of drug-likeness (QED) is 0.891. The zero-order chi connectivity index (χ0) is 14.0. The molecule has 4 nitrogen and oxygen atoms in total. The molecule has 1 aromatic heterocycles. The van der Waals surface area contributed by atoms with Crippen LogP contribution in [0.1, 0.15) is 12.8 Å². The SMILES string of the molecule is O=C(Nc1ccc2ncccc2c1)C1(O)CCSCC1. The Labute approximate surface area is 121 Å². The van der Waals surface area contributed by atoms with Crippen LogP contribution in [0.3, 0.4) is 0 Å². The Bertz CT molecular complexity index is 639. The summed E-state index contributed by atoms with van der Waals surface area (Å²) in [6, 6.07) is 9.37. The van der Waals surface area contributed by atoms with Crippen molar-refractivity contribution < 1.29 is 9.90 Å². The second-order valence-corrected chi connectivity index (χ2v) is 6.23. The minimum atomic E-state index is -1.23. The molecule has 0 saturated carbocycles. The summed E-state index contributed by atoms with van der Waals surface area (Å²) < 4.78 is 0. The molecule has 5 heteroatoms. The van der Waals surface area contributed by atoms with Crippen molar-refractivity contribution in [1.82, 2.24) is 4.98 Å². The Hall–Kier alpha value is -1.59. The largest absolute Gasteiger partial charge is 0.380 e. The molecule has 2 heterocycles. The molecule has 3 rings (SSSR count). The van der Waals surface area contributed by atoms with Gasteiger partial charge in [-0.3, -0.25) is 9.78 Å². The summed E-state index contributed by atoms with van der Waals surface area (Å²) in [7, 11) is 0. The smallest absolute Gasteiger partial charge is 0.256 e. The van der Waals surface area contributed by atoms with Gasteiger partial charge in [0.15, 0.2) is 0 Å². The fourth-order valence-corrected chi connectivity index (χ4v) is 3.51. The van der Waals surface area contributed by atoms with Crippen molar-refractivity contribution in [3.05, 3.63) is 36.5 Å². The molecule has 2 aromatic rings. The predicted molar refractivity (Wildman–Crippen MR) is 81.9 cm³/mol. The molecule has 1 fully saturated rings. The van der Waals surface area contributed by atoms with Crippen LogP contribution >= 0.6 is 11.8 Å². The van der Waals surface area contributed by atoms with Crippen LogP contribution in [-0.2, 0) is 4.79 Å². The number of hydrogen-bond acceptors (Lipinski definition) is 4. The van der Waals surface area contributed by atoms with Crippen molar-refractivity contribution in [1.29, 1.82) is 0 Å². The third kappa shape index (κ3) is 2.64. The van der Waals surface area contributed by atoms with E-state index < -0.39 is 5.60 Å². The van der Waals surface area contributed by atoms with Crippen LogP contribution in [0.5, 0.6) is 0 Å². The molecular weight excluding hydrogens is 272 g/mol. The van der Waals surface area contributed by atoms with E-state index in [9.17, 15) is 9.90 Å². The summed E-state index contributed by atoms with van der Waals surface area (Å²) in [6.45, 7) is 0. The minimum absolute atomic E-state index is 0.305. The van der Waals surface area contributed by atoms with Gasteiger partial charge in [0, 0.05) is 17.3 Å². The van der Waals surface area contributed by atoms with Crippen molar-refractivity contribution in [2.45, 2.75) is 18.4 Å². The van der Waals surface area contributed by atoms with Gasteiger partial charge in [0.1, 0.15) is 5.60 Å². The fourth-order valence-electron chi connectivity index (χ4n) is 2.34. The van der Waals surface area contributed by atoms with Gasteiger partial charge in [-0.05, 0) is 48.6 Å². The first kappa shape index (κ1) is 13.4. The Morgan fingerprint density at radius 3 is 2.90 bits per heavy atom. The number of anilines is 1. The van der Waals surface area contributed by atoms with Crippen LogP contribution < -0.4 is 5.32 Å². The number of rotatable bonds is 2. The number of carbonyl (C=O) groups is 1. The minimum Gasteiger partial charge on any atom is -0.380 e. The number of aromatic nitrogens is 1. The Morgan fingerprint density at radius 1 is 1.30 bits per heavy atom. The zero-order valence-corrected chi connectivity index (χ0v) is 11.8. The second-order valence-electron chi connectivity index (χ2n) is 5.01.